The van der Waals surface area contributed by atoms with Crippen LogP contribution in [0, 0.1) is 13.8 Å². The standard InChI is InChI=1S/C16H25BrO3S/c1-4-5-6-7-8-9-10-21(18,19)20-16-13(2)11-15(17)12-14(16)3/h11-12H,4-10H2,1-3H3. The fourth-order valence-corrected chi connectivity index (χ4v) is 4.10. The lowest BCUT2D eigenvalue weighted by Crippen LogP contribution is -2.15. The van der Waals surface area contributed by atoms with E-state index in [2.05, 4.69) is 22.9 Å². The lowest BCUT2D eigenvalue weighted by Gasteiger charge is -2.12. The van der Waals surface area contributed by atoms with Gasteiger partial charge in [0.2, 0.25) is 0 Å². The molecule has 0 heterocycles. The summed E-state index contributed by atoms with van der Waals surface area (Å²) in [6, 6.07) is 3.73. The molecule has 1 aromatic carbocycles. The first-order chi connectivity index (χ1) is 9.85. The molecule has 0 saturated heterocycles. The number of halogens is 1. The maximum atomic E-state index is 12.0. The Hall–Kier alpha value is -0.550. The SMILES string of the molecule is CCCCCCCCS(=O)(=O)Oc1c(C)cc(Br)cc1C. The first-order valence-corrected chi connectivity index (χ1v) is 9.91. The van der Waals surface area contributed by atoms with Crippen LogP contribution in [-0.2, 0) is 10.1 Å². The summed E-state index contributed by atoms with van der Waals surface area (Å²) < 4.78 is 30.3. The van der Waals surface area contributed by atoms with E-state index in [0.717, 1.165) is 28.4 Å². The first kappa shape index (κ1) is 18.5. The van der Waals surface area contributed by atoms with Gasteiger partial charge in [-0.15, -0.1) is 0 Å². The number of aryl methyl sites for hydroxylation is 2. The minimum absolute atomic E-state index is 0.0913. The molecule has 21 heavy (non-hydrogen) atoms. The van der Waals surface area contributed by atoms with Crippen LogP contribution < -0.4 is 4.18 Å². The quantitative estimate of drug-likeness (QED) is 0.442. The molecular formula is C16H25BrO3S. The minimum atomic E-state index is -3.50. The molecule has 0 fully saturated rings. The molecule has 0 bridgehead atoms. The number of benzene rings is 1. The van der Waals surface area contributed by atoms with Crippen LogP contribution in [0.5, 0.6) is 5.75 Å². The number of rotatable bonds is 9. The Morgan fingerprint density at radius 2 is 1.52 bits per heavy atom. The van der Waals surface area contributed by atoms with Crippen molar-refractivity contribution in [2.75, 3.05) is 5.75 Å². The highest BCUT2D eigenvalue weighted by molar-refractivity contribution is 9.10. The summed E-state index contributed by atoms with van der Waals surface area (Å²) in [7, 11) is -3.50. The maximum absolute atomic E-state index is 12.0. The Morgan fingerprint density at radius 1 is 1.00 bits per heavy atom. The lowest BCUT2D eigenvalue weighted by molar-refractivity contribution is 0.478. The van der Waals surface area contributed by atoms with Crippen molar-refractivity contribution in [1.82, 2.24) is 0 Å². The molecule has 0 atom stereocenters. The van der Waals surface area contributed by atoms with E-state index < -0.39 is 10.1 Å². The van der Waals surface area contributed by atoms with E-state index in [1.807, 2.05) is 26.0 Å². The molecule has 3 nitrogen and oxygen atoms in total. The zero-order chi connectivity index (χ0) is 15.9. The van der Waals surface area contributed by atoms with E-state index in [1.54, 1.807) is 0 Å². The zero-order valence-electron chi connectivity index (χ0n) is 13.1. The van der Waals surface area contributed by atoms with Crippen LogP contribution in [0.1, 0.15) is 56.6 Å². The zero-order valence-corrected chi connectivity index (χ0v) is 15.5. The van der Waals surface area contributed by atoms with Crippen LogP contribution in [0.15, 0.2) is 16.6 Å². The summed E-state index contributed by atoms with van der Waals surface area (Å²) in [5.41, 5.74) is 1.65. The van der Waals surface area contributed by atoms with E-state index in [-0.39, 0.29) is 5.75 Å². The fraction of sp³-hybridized carbons (Fsp3) is 0.625. The summed E-state index contributed by atoms with van der Waals surface area (Å²) in [4.78, 5) is 0. The first-order valence-electron chi connectivity index (χ1n) is 7.54. The van der Waals surface area contributed by atoms with Gasteiger partial charge >= 0.3 is 10.1 Å². The summed E-state index contributed by atoms with van der Waals surface area (Å²) in [6.07, 6.45) is 6.31. The molecule has 0 N–H and O–H groups in total. The Morgan fingerprint density at radius 3 is 2.10 bits per heavy atom. The van der Waals surface area contributed by atoms with Gasteiger partial charge in [0, 0.05) is 4.47 Å². The molecule has 0 spiro atoms. The normalized spacial score (nSPS) is 11.6. The Balaban J connectivity index is 2.53. The fourth-order valence-electron chi connectivity index (χ4n) is 2.26. The highest BCUT2D eigenvalue weighted by Crippen LogP contribution is 2.28. The molecule has 0 aliphatic carbocycles. The summed E-state index contributed by atoms with van der Waals surface area (Å²) in [5.74, 6) is 0.554. The van der Waals surface area contributed by atoms with E-state index in [0.29, 0.717) is 12.2 Å². The molecule has 120 valence electrons. The second kappa shape index (κ2) is 8.79. The van der Waals surface area contributed by atoms with Gasteiger partial charge in [0.15, 0.2) is 0 Å². The molecule has 0 saturated carbocycles. The van der Waals surface area contributed by atoms with Gasteiger partial charge in [-0.2, -0.15) is 8.42 Å². The topological polar surface area (TPSA) is 43.4 Å². The third kappa shape index (κ3) is 6.83. The van der Waals surface area contributed by atoms with Crippen LogP contribution in [0.2, 0.25) is 0 Å². The van der Waals surface area contributed by atoms with Gasteiger partial charge < -0.3 is 4.18 Å². The van der Waals surface area contributed by atoms with Crippen molar-refractivity contribution < 1.29 is 12.6 Å². The van der Waals surface area contributed by atoms with Crippen LogP contribution in [0.4, 0.5) is 0 Å². The smallest absolute Gasteiger partial charge is 0.309 e. The van der Waals surface area contributed by atoms with E-state index in [1.165, 1.54) is 19.3 Å². The Kier molecular flexibility index (Phi) is 7.74. The van der Waals surface area contributed by atoms with Gasteiger partial charge in [0.05, 0.1) is 5.75 Å². The largest absolute Gasteiger partial charge is 0.382 e. The van der Waals surface area contributed by atoms with Crippen molar-refractivity contribution in [3.8, 4) is 5.75 Å². The summed E-state index contributed by atoms with van der Waals surface area (Å²) in [5, 5.41) is 0. The van der Waals surface area contributed by atoms with Crippen molar-refractivity contribution in [1.29, 1.82) is 0 Å². The van der Waals surface area contributed by atoms with Gasteiger partial charge in [-0.25, -0.2) is 0 Å². The molecule has 1 rings (SSSR count). The maximum Gasteiger partial charge on any atom is 0.309 e. The van der Waals surface area contributed by atoms with Crippen molar-refractivity contribution >= 4 is 26.0 Å². The molecule has 0 aliphatic heterocycles. The van der Waals surface area contributed by atoms with Gasteiger partial charge in [-0.1, -0.05) is 55.0 Å². The molecule has 1 aromatic rings. The Labute approximate surface area is 137 Å². The van der Waals surface area contributed by atoms with Crippen LogP contribution >= 0.6 is 15.9 Å². The predicted molar refractivity (Wildman–Crippen MR) is 91.4 cm³/mol. The minimum Gasteiger partial charge on any atom is -0.382 e. The molecule has 0 amide bonds. The van der Waals surface area contributed by atoms with Crippen molar-refractivity contribution in [3.05, 3.63) is 27.7 Å². The number of hydrogen-bond donors (Lipinski definition) is 0. The third-order valence-electron chi connectivity index (χ3n) is 3.38. The van der Waals surface area contributed by atoms with Crippen molar-refractivity contribution in [2.45, 2.75) is 59.3 Å². The Bertz CT molecular complexity index is 530. The number of hydrogen-bond acceptors (Lipinski definition) is 3. The van der Waals surface area contributed by atoms with Gasteiger partial charge in [-0.05, 0) is 43.5 Å². The van der Waals surface area contributed by atoms with Crippen molar-refractivity contribution in [2.24, 2.45) is 0 Å². The van der Waals surface area contributed by atoms with Crippen LogP contribution in [0.25, 0.3) is 0 Å². The van der Waals surface area contributed by atoms with Gasteiger partial charge in [0.1, 0.15) is 5.75 Å². The van der Waals surface area contributed by atoms with Gasteiger partial charge in [0.25, 0.3) is 0 Å². The summed E-state index contributed by atoms with van der Waals surface area (Å²) >= 11 is 3.39. The molecule has 0 aliphatic rings. The van der Waals surface area contributed by atoms with Gasteiger partial charge in [-0.3, -0.25) is 0 Å². The summed E-state index contributed by atoms with van der Waals surface area (Å²) in [6.45, 7) is 5.88. The lowest BCUT2D eigenvalue weighted by atomic mass is 10.1. The molecule has 0 radical (unpaired) electrons. The van der Waals surface area contributed by atoms with E-state index >= 15 is 0 Å². The average molecular weight is 377 g/mol. The molecule has 0 aromatic heterocycles. The second-order valence-electron chi connectivity index (χ2n) is 5.48. The highest BCUT2D eigenvalue weighted by atomic mass is 79.9. The van der Waals surface area contributed by atoms with E-state index in [4.69, 9.17) is 4.18 Å². The number of unbranched alkanes of at least 4 members (excludes halogenated alkanes) is 5. The molecule has 5 heteroatoms. The van der Waals surface area contributed by atoms with Crippen molar-refractivity contribution in [3.63, 3.8) is 0 Å². The molecule has 0 unspecified atom stereocenters. The molecular weight excluding hydrogens is 352 g/mol. The highest BCUT2D eigenvalue weighted by Gasteiger charge is 2.16. The third-order valence-corrected chi connectivity index (χ3v) is 5.05. The average Bonchev–Trinajstić information content (AvgIpc) is 2.38. The predicted octanol–water partition coefficient (Wildman–Crippen LogP) is 5.14. The van der Waals surface area contributed by atoms with Crippen LogP contribution in [-0.4, -0.2) is 14.2 Å². The monoisotopic (exact) mass is 376 g/mol. The second-order valence-corrected chi connectivity index (χ2v) is 8.09. The van der Waals surface area contributed by atoms with E-state index in [9.17, 15) is 8.42 Å². The van der Waals surface area contributed by atoms with Crippen LogP contribution in [0.3, 0.4) is 0 Å².